The van der Waals surface area contributed by atoms with Crippen LogP contribution in [0.3, 0.4) is 0 Å². The molecular formula is C16H21F3N2O2. The van der Waals surface area contributed by atoms with Crippen molar-refractivity contribution in [1.29, 1.82) is 0 Å². The number of ether oxygens (including phenoxy) is 1. The Labute approximate surface area is 133 Å². The first-order chi connectivity index (χ1) is 10.6. The molecule has 0 spiro atoms. The van der Waals surface area contributed by atoms with Gasteiger partial charge in [0.25, 0.3) is 11.9 Å². The highest BCUT2D eigenvalue weighted by Crippen LogP contribution is 2.29. The molecule has 1 N–H and O–H groups in total. The van der Waals surface area contributed by atoms with E-state index in [1.165, 1.54) is 12.1 Å². The van der Waals surface area contributed by atoms with Gasteiger partial charge in [-0.15, -0.1) is 0 Å². The van der Waals surface area contributed by atoms with Gasteiger partial charge in [-0.05, 0) is 38.0 Å². The zero-order valence-corrected chi connectivity index (χ0v) is 13.6. The molecule has 0 aliphatic rings. The van der Waals surface area contributed by atoms with Gasteiger partial charge in [0.1, 0.15) is 0 Å². The zero-order chi connectivity index (χ0) is 17.6. The number of benzene rings is 1. The van der Waals surface area contributed by atoms with Gasteiger partial charge in [0.05, 0.1) is 18.2 Å². The molecule has 1 aromatic rings. The SMILES string of the molecule is CCOC(=N[C@H](C)C(C)C)NC(=O)c1cccc(C(F)(F)F)c1. The fraction of sp³-hybridized carbons (Fsp3) is 0.500. The van der Waals surface area contributed by atoms with Crippen LogP contribution in [-0.2, 0) is 10.9 Å². The van der Waals surface area contributed by atoms with E-state index in [2.05, 4.69) is 10.3 Å². The highest BCUT2D eigenvalue weighted by atomic mass is 19.4. The standard InChI is InChI=1S/C16H21F3N2O2/c1-5-23-15(20-11(4)10(2)3)21-14(22)12-7-6-8-13(9-12)16(17,18)19/h6-11H,5H2,1-4H3,(H,20,21,22)/t11-/m1/s1. The second-order valence-electron chi connectivity index (χ2n) is 5.38. The minimum Gasteiger partial charge on any atom is -0.465 e. The molecule has 0 aliphatic heterocycles. The van der Waals surface area contributed by atoms with Gasteiger partial charge in [-0.3, -0.25) is 10.1 Å². The maximum atomic E-state index is 12.7. The number of nitrogens with zero attached hydrogens (tertiary/aromatic N) is 1. The predicted molar refractivity (Wildman–Crippen MR) is 82.3 cm³/mol. The lowest BCUT2D eigenvalue weighted by atomic mass is 10.1. The Morgan fingerprint density at radius 1 is 1.30 bits per heavy atom. The highest BCUT2D eigenvalue weighted by molar-refractivity contribution is 6.04. The summed E-state index contributed by atoms with van der Waals surface area (Å²) in [6.07, 6.45) is -4.50. The molecule has 1 aromatic carbocycles. The van der Waals surface area contributed by atoms with Crippen LogP contribution in [0.25, 0.3) is 0 Å². The number of amides is 1. The van der Waals surface area contributed by atoms with Gasteiger partial charge in [-0.1, -0.05) is 19.9 Å². The van der Waals surface area contributed by atoms with Gasteiger partial charge >= 0.3 is 6.18 Å². The van der Waals surface area contributed by atoms with Gasteiger partial charge in [0.15, 0.2) is 0 Å². The summed E-state index contributed by atoms with van der Waals surface area (Å²) in [5.74, 6) is -0.463. The summed E-state index contributed by atoms with van der Waals surface area (Å²) in [6, 6.07) is 4.11. The van der Waals surface area contributed by atoms with Gasteiger partial charge in [0, 0.05) is 5.56 Å². The van der Waals surface area contributed by atoms with Crippen molar-refractivity contribution in [3.63, 3.8) is 0 Å². The van der Waals surface area contributed by atoms with Gasteiger partial charge in [0.2, 0.25) is 0 Å². The molecule has 7 heteroatoms. The van der Waals surface area contributed by atoms with Crippen LogP contribution >= 0.6 is 0 Å². The number of rotatable bonds is 4. The fourth-order valence-corrected chi connectivity index (χ4v) is 1.58. The quantitative estimate of drug-likeness (QED) is 0.673. The molecule has 0 heterocycles. The number of nitrogens with one attached hydrogen (secondary N) is 1. The van der Waals surface area contributed by atoms with E-state index in [1.54, 1.807) is 6.92 Å². The molecule has 0 aliphatic carbocycles. The lowest BCUT2D eigenvalue weighted by Crippen LogP contribution is -2.34. The van der Waals surface area contributed by atoms with Crippen molar-refractivity contribution in [2.24, 2.45) is 10.9 Å². The van der Waals surface area contributed by atoms with Crippen molar-refractivity contribution in [3.05, 3.63) is 35.4 Å². The first kappa shape index (κ1) is 19.0. The monoisotopic (exact) mass is 330 g/mol. The highest BCUT2D eigenvalue weighted by Gasteiger charge is 2.31. The van der Waals surface area contributed by atoms with E-state index >= 15 is 0 Å². The molecule has 0 aromatic heterocycles. The first-order valence-electron chi connectivity index (χ1n) is 7.34. The average molecular weight is 330 g/mol. The molecular weight excluding hydrogens is 309 g/mol. The fourth-order valence-electron chi connectivity index (χ4n) is 1.58. The predicted octanol–water partition coefficient (Wildman–Crippen LogP) is 3.87. The third kappa shape index (κ3) is 5.92. The molecule has 0 saturated heterocycles. The summed E-state index contributed by atoms with van der Waals surface area (Å²) in [6.45, 7) is 7.80. The van der Waals surface area contributed by atoms with Crippen LogP contribution in [0.15, 0.2) is 29.3 Å². The minimum atomic E-state index is -4.50. The molecule has 23 heavy (non-hydrogen) atoms. The summed E-state index contributed by atoms with van der Waals surface area (Å²) in [5.41, 5.74) is -0.986. The number of alkyl halides is 3. The number of amidine groups is 1. The van der Waals surface area contributed by atoms with Crippen LogP contribution in [0.1, 0.15) is 43.6 Å². The van der Waals surface area contributed by atoms with E-state index in [9.17, 15) is 18.0 Å². The van der Waals surface area contributed by atoms with Crippen molar-refractivity contribution in [2.45, 2.75) is 39.9 Å². The number of carbonyl (C=O) groups is 1. The average Bonchev–Trinajstić information content (AvgIpc) is 2.46. The van der Waals surface area contributed by atoms with Crippen molar-refractivity contribution in [2.75, 3.05) is 6.61 Å². The second kappa shape index (κ2) is 7.99. The number of halogens is 3. The van der Waals surface area contributed by atoms with E-state index < -0.39 is 17.6 Å². The summed E-state index contributed by atoms with van der Waals surface area (Å²) < 4.78 is 43.3. The molecule has 0 radical (unpaired) electrons. The second-order valence-corrected chi connectivity index (χ2v) is 5.38. The molecule has 0 bridgehead atoms. The summed E-state index contributed by atoms with van der Waals surface area (Å²) >= 11 is 0. The van der Waals surface area contributed by atoms with E-state index in [0.717, 1.165) is 12.1 Å². The molecule has 4 nitrogen and oxygen atoms in total. The molecule has 1 atom stereocenters. The normalized spacial score (nSPS) is 13.8. The van der Waals surface area contributed by atoms with Gasteiger partial charge < -0.3 is 4.74 Å². The van der Waals surface area contributed by atoms with E-state index in [4.69, 9.17) is 4.74 Å². The lowest BCUT2D eigenvalue weighted by molar-refractivity contribution is -0.137. The Bertz CT molecular complexity index is 569. The van der Waals surface area contributed by atoms with Crippen LogP contribution < -0.4 is 5.32 Å². The van der Waals surface area contributed by atoms with Crippen LogP contribution in [0.5, 0.6) is 0 Å². The van der Waals surface area contributed by atoms with Crippen molar-refractivity contribution < 1.29 is 22.7 Å². The molecule has 0 fully saturated rings. The van der Waals surface area contributed by atoms with E-state index in [0.29, 0.717) is 0 Å². The molecule has 1 rings (SSSR count). The molecule has 0 saturated carbocycles. The third-order valence-electron chi connectivity index (χ3n) is 3.24. The number of aliphatic imine (C=N–C) groups is 1. The van der Waals surface area contributed by atoms with Gasteiger partial charge in [-0.2, -0.15) is 13.2 Å². The molecule has 0 unspecified atom stereocenters. The summed E-state index contributed by atoms with van der Waals surface area (Å²) in [5, 5.41) is 2.42. The number of hydrogen-bond donors (Lipinski definition) is 1. The summed E-state index contributed by atoms with van der Waals surface area (Å²) in [7, 11) is 0. The molecule has 1 amide bonds. The minimum absolute atomic E-state index is 0.0103. The smallest absolute Gasteiger partial charge is 0.416 e. The van der Waals surface area contributed by atoms with Crippen molar-refractivity contribution in [1.82, 2.24) is 5.32 Å². The zero-order valence-electron chi connectivity index (χ0n) is 13.6. The van der Waals surface area contributed by atoms with Crippen LogP contribution in [0.2, 0.25) is 0 Å². The third-order valence-corrected chi connectivity index (χ3v) is 3.24. The van der Waals surface area contributed by atoms with E-state index in [-0.39, 0.29) is 30.2 Å². The Morgan fingerprint density at radius 2 is 1.96 bits per heavy atom. The topological polar surface area (TPSA) is 50.7 Å². The number of hydrogen-bond acceptors (Lipinski definition) is 3. The number of carbonyl (C=O) groups excluding carboxylic acids is 1. The van der Waals surface area contributed by atoms with Crippen molar-refractivity contribution in [3.8, 4) is 0 Å². The Hall–Kier alpha value is -2.05. The maximum absolute atomic E-state index is 12.7. The lowest BCUT2D eigenvalue weighted by Gasteiger charge is -2.15. The van der Waals surface area contributed by atoms with Crippen LogP contribution in [0.4, 0.5) is 13.2 Å². The first-order valence-corrected chi connectivity index (χ1v) is 7.34. The van der Waals surface area contributed by atoms with Crippen molar-refractivity contribution >= 4 is 11.9 Å². The van der Waals surface area contributed by atoms with Crippen LogP contribution in [-0.4, -0.2) is 24.6 Å². The molecule has 128 valence electrons. The van der Waals surface area contributed by atoms with Crippen LogP contribution in [0, 0.1) is 5.92 Å². The Morgan fingerprint density at radius 3 is 2.48 bits per heavy atom. The summed E-state index contributed by atoms with van der Waals surface area (Å²) in [4.78, 5) is 16.4. The Balaban J connectivity index is 2.95. The Kier molecular flexibility index (Phi) is 6.60. The largest absolute Gasteiger partial charge is 0.465 e. The van der Waals surface area contributed by atoms with Gasteiger partial charge in [-0.25, -0.2) is 4.99 Å². The maximum Gasteiger partial charge on any atom is 0.416 e. The van der Waals surface area contributed by atoms with E-state index in [1.807, 2.05) is 20.8 Å².